The molecule has 1 atom stereocenters. The van der Waals surface area contributed by atoms with Crippen LogP contribution in [-0.4, -0.2) is 26.9 Å². The van der Waals surface area contributed by atoms with E-state index in [1.807, 2.05) is 44.2 Å². The molecule has 1 fully saturated rings. The van der Waals surface area contributed by atoms with Crippen LogP contribution in [0.15, 0.2) is 45.5 Å². The first kappa shape index (κ1) is 17.7. The summed E-state index contributed by atoms with van der Waals surface area (Å²) in [7, 11) is 0. The van der Waals surface area contributed by atoms with Gasteiger partial charge in [0.25, 0.3) is 11.6 Å². The van der Waals surface area contributed by atoms with Crippen LogP contribution in [-0.2, 0) is 0 Å². The van der Waals surface area contributed by atoms with Crippen LogP contribution in [0.4, 0.5) is 0 Å². The quantitative estimate of drug-likeness (QED) is 0.447. The van der Waals surface area contributed by atoms with Gasteiger partial charge in [0.15, 0.2) is 6.10 Å². The predicted molar refractivity (Wildman–Crippen MR) is 104 cm³/mol. The highest BCUT2D eigenvalue weighted by Crippen LogP contribution is 2.42. The van der Waals surface area contributed by atoms with E-state index in [2.05, 4.69) is 20.3 Å². The van der Waals surface area contributed by atoms with Crippen molar-refractivity contribution < 1.29 is 18.4 Å². The molecule has 3 heterocycles. The van der Waals surface area contributed by atoms with Gasteiger partial charge in [0.1, 0.15) is 11.5 Å². The number of benzene rings is 1. The lowest BCUT2D eigenvalue weighted by Crippen LogP contribution is -2.03. The van der Waals surface area contributed by atoms with Crippen LogP contribution in [0, 0.1) is 0 Å². The zero-order valence-corrected chi connectivity index (χ0v) is 16.2. The van der Waals surface area contributed by atoms with E-state index >= 15 is 0 Å². The fourth-order valence-electron chi connectivity index (χ4n) is 3.17. The molecule has 0 saturated heterocycles. The van der Waals surface area contributed by atoms with Crippen molar-refractivity contribution in [2.45, 2.75) is 38.7 Å². The molecule has 29 heavy (non-hydrogen) atoms. The fraction of sp³-hybridized carbons (Fsp3) is 0.333. The smallest absolute Gasteiger partial charge is 0.257 e. The summed E-state index contributed by atoms with van der Waals surface area (Å²) in [5.74, 6) is 2.74. The maximum Gasteiger partial charge on any atom is 0.257 e. The average molecular weight is 392 g/mol. The van der Waals surface area contributed by atoms with Gasteiger partial charge in [-0.1, -0.05) is 5.16 Å². The van der Waals surface area contributed by atoms with Crippen molar-refractivity contribution in [2.24, 2.45) is 0 Å². The molecule has 1 unspecified atom stereocenters. The van der Waals surface area contributed by atoms with Crippen LogP contribution in [0.5, 0.6) is 11.5 Å². The van der Waals surface area contributed by atoms with E-state index in [0.717, 1.165) is 35.2 Å². The van der Waals surface area contributed by atoms with E-state index < -0.39 is 6.10 Å². The maximum absolute atomic E-state index is 5.91. The minimum absolute atomic E-state index is 0.388. The van der Waals surface area contributed by atoms with Gasteiger partial charge < -0.3 is 18.4 Å². The molecule has 0 N–H and O–H groups in total. The lowest BCUT2D eigenvalue weighted by Gasteiger charge is -2.11. The molecular formula is C21H20N4O4. The Morgan fingerprint density at radius 1 is 1.14 bits per heavy atom. The Kier molecular flexibility index (Phi) is 4.38. The van der Waals surface area contributed by atoms with Crippen molar-refractivity contribution in [1.82, 2.24) is 20.3 Å². The Bertz CT molecular complexity index is 1130. The number of pyridine rings is 1. The SMILES string of the molecule is CCOc1ccc(OC(C)c2nnc(-c3cnc4onc(C5CC5)c4c3)o2)cc1. The van der Waals surface area contributed by atoms with Gasteiger partial charge >= 0.3 is 0 Å². The van der Waals surface area contributed by atoms with E-state index in [0.29, 0.717) is 35.8 Å². The number of hydrogen-bond donors (Lipinski definition) is 0. The number of hydrogen-bond acceptors (Lipinski definition) is 8. The highest BCUT2D eigenvalue weighted by molar-refractivity contribution is 5.81. The summed E-state index contributed by atoms with van der Waals surface area (Å²) in [5.41, 5.74) is 2.22. The number of ether oxygens (including phenoxy) is 2. The summed E-state index contributed by atoms with van der Waals surface area (Å²) in [5, 5.41) is 13.4. The van der Waals surface area contributed by atoms with Crippen molar-refractivity contribution in [1.29, 1.82) is 0 Å². The molecule has 0 bridgehead atoms. The normalized spacial score (nSPS) is 14.8. The maximum atomic E-state index is 5.91. The lowest BCUT2D eigenvalue weighted by atomic mass is 10.1. The third kappa shape index (κ3) is 3.53. The van der Waals surface area contributed by atoms with E-state index in [1.54, 1.807) is 6.20 Å². The number of aromatic nitrogens is 4. The van der Waals surface area contributed by atoms with Crippen molar-refractivity contribution in [3.05, 3.63) is 48.1 Å². The molecule has 8 heteroatoms. The van der Waals surface area contributed by atoms with Gasteiger partial charge in [0, 0.05) is 12.1 Å². The van der Waals surface area contributed by atoms with Gasteiger partial charge in [-0.2, -0.15) is 0 Å². The molecule has 1 saturated carbocycles. The molecule has 1 aliphatic carbocycles. The highest BCUT2D eigenvalue weighted by atomic mass is 16.5. The number of nitrogens with zero attached hydrogens (tertiary/aromatic N) is 4. The van der Waals surface area contributed by atoms with Gasteiger partial charge in [-0.3, -0.25) is 0 Å². The molecule has 0 spiro atoms. The summed E-state index contributed by atoms with van der Waals surface area (Å²) < 4.78 is 22.5. The fourth-order valence-corrected chi connectivity index (χ4v) is 3.17. The van der Waals surface area contributed by atoms with Crippen molar-refractivity contribution in [3.8, 4) is 23.0 Å². The first-order valence-electron chi connectivity index (χ1n) is 9.70. The molecule has 1 aliphatic rings. The molecule has 8 nitrogen and oxygen atoms in total. The second kappa shape index (κ2) is 7.20. The molecule has 0 aliphatic heterocycles. The summed E-state index contributed by atoms with van der Waals surface area (Å²) in [6.45, 7) is 4.43. The Labute approximate surface area is 166 Å². The van der Waals surface area contributed by atoms with Gasteiger partial charge in [0.05, 0.1) is 23.3 Å². The second-order valence-corrected chi connectivity index (χ2v) is 7.03. The first-order chi connectivity index (χ1) is 14.2. The largest absolute Gasteiger partial charge is 0.494 e. The van der Waals surface area contributed by atoms with Gasteiger partial charge in [0.2, 0.25) is 5.89 Å². The van der Waals surface area contributed by atoms with Gasteiger partial charge in [-0.25, -0.2) is 4.98 Å². The topological polar surface area (TPSA) is 96.3 Å². The summed E-state index contributed by atoms with van der Waals surface area (Å²) >= 11 is 0. The second-order valence-electron chi connectivity index (χ2n) is 7.03. The molecule has 5 rings (SSSR count). The molecule has 4 aromatic rings. The summed E-state index contributed by atoms with van der Waals surface area (Å²) in [6, 6.07) is 9.37. The third-order valence-electron chi connectivity index (χ3n) is 4.80. The van der Waals surface area contributed by atoms with Crippen molar-refractivity contribution in [2.75, 3.05) is 6.61 Å². The van der Waals surface area contributed by atoms with Gasteiger partial charge in [-0.15, -0.1) is 10.2 Å². The highest BCUT2D eigenvalue weighted by Gasteiger charge is 2.29. The summed E-state index contributed by atoms with van der Waals surface area (Å²) in [6.07, 6.45) is 3.52. The van der Waals surface area contributed by atoms with Crippen LogP contribution in [0.2, 0.25) is 0 Å². The Morgan fingerprint density at radius 3 is 2.69 bits per heavy atom. The molecule has 1 aromatic carbocycles. The minimum atomic E-state index is -0.400. The molecule has 0 amide bonds. The lowest BCUT2D eigenvalue weighted by molar-refractivity contribution is 0.189. The van der Waals surface area contributed by atoms with Crippen LogP contribution in [0.25, 0.3) is 22.6 Å². The molecule has 3 aromatic heterocycles. The first-order valence-corrected chi connectivity index (χ1v) is 9.70. The van der Waals surface area contributed by atoms with Crippen LogP contribution < -0.4 is 9.47 Å². The van der Waals surface area contributed by atoms with E-state index in [-0.39, 0.29) is 0 Å². The Hall–Kier alpha value is -3.42. The standard InChI is InChI=1S/C21H20N4O4/c1-3-26-15-6-8-16(9-7-15)27-12(2)19-23-24-20(28-19)14-10-17-18(13-4-5-13)25-29-21(17)22-11-14/h6-13H,3-5H2,1-2H3. The van der Waals surface area contributed by atoms with Crippen molar-refractivity contribution >= 4 is 11.1 Å². The zero-order valence-electron chi connectivity index (χ0n) is 16.2. The van der Waals surface area contributed by atoms with Crippen LogP contribution in [0.3, 0.4) is 0 Å². The third-order valence-corrected chi connectivity index (χ3v) is 4.80. The van der Waals surface area contributed by atoms with Crippen LogP contribution >= 0.6 is 0 Å². The minimum Gasteiger partial charge on any atom is -0.494 e. The monoisotopic (exact) mass is 392 g/mol. The van der Waals surface area contributed by atoms with E-state index in [1.165, 1.54) is 0 Å². The van der Waals surface area contributed by atoms with E-state index in [9.17, 15) is 0 Å². The molecule has 148 valence electrons. The Balaban J connectivity index is 1.34. The van der Waals surface area contributed by atoms with Gasteiger partial charge in [-0.05, 0) is 57.0 Å². The van der Waals surface area contributed by atoms with Crippen LogP contribution in [0.1, 0.15) is 50.3 Å². The summed E-state index contributed by atoms with van der Waals surface area (Å²) in [4.78, 5) is 4.33. The number of rotatable bonds is 7. The Morgan fingerprint density at radius 2 is 1.93 bits per heavy atom. The molecule has 0 radical (unpaired) electrons. The zero-order chi connectivity index (χ0) is 19.8. The van der Waals surface area contributed by atoms with E-state index in [4.69, 9.17) is 18.4 Å². The molecular weight excluding hydrogens is 372 g/mol. The number of fused-ring (bicyclic) bond motifs is 1. The average Bonchev–Trinajstić information content (AvgIpc) is 3.30. The predicted octanol–water partition coefficient (Wildman–Crippen LogP) is 4.69. The van der Waals surface area contributed by atoms with Crippen molar-refractivity contribution in [3.63, 3.8) is 0 Å².